The lowest BCUT2D eigenvalue weighted by Crippen LogP contribution is -2.27. The summed E-state index contributed by atoms with van der Waals surface area (Å²) in [5.41, 5.74) is 2.37. The maximum atomic E-state index is 13.7. The number of amides is 1. The minimum atomic E-state index is -0.642. The van der Waals surface area contributed by atoms with Crippen LogP contribution >= 0.6 is 23.2 Å². The average molecular weight is 634 g/mol. The Morgan fingerprint density at radius 2 is 1.91 bits per heavy atom. The Balaban J connectivity index is 1.43. The fourth-order valence-corrected chi connectivity index (χ4v) is 5.41. The van der Waals surface area contributed by atoms with Crippen molar-refractivity contribution in [1.82, 2.24) is 39.3 Å². The molecule has 0 unspecified atom stereocenters. The van der Waals surface area contributed by atoms with E-state index in [1.807, 2.05) is 6.92 Å². The molecule has 0 aliphatic carbocycles. The van der Waals surface area contributed by atoms with Crippen LogP contribution in [0.3, 0.4) is 0 Å². The first-order valence-corrected chi connectivity index (χ1v) is 14.4. The van der Waals surface area contributed by atoms with Crippen LogP contribution in [-0.2, 0) is 9.53 Å². The molecule has 1 aliphatic heterocycles. The molecule has 0 fully saturated rings. The van der Waals surface area contributed by atoms with Gasteiger partial charge < -0.3 is 10.1 Å². The summed E-state index contributed by atoms with van der Waals surface area (Å²) in [5.74, 6) is -0.903. The van der Waals surface area contributed by atoms with E-state index in [-0.39, 0.29) is 28.2 Å². The van der Waals surface area contributed by atoms with Gasteiger partial charge in [0, 0.05) is 34.8 Å². The molecular formula is C29H25Cl2N9O4. The van der Waals surface area contributed by atoms with Crippen molar-refractivity contribution < 1.29 is 14.3 Å². The van der Waals surface area contributed by atoms with Gasteiger partial charge in [-0.05, 0) is 43.2 Å². The maximum absolute atomic E-state index is 13.7. The van der Waals surface area contributed by atoms with Gasteiger partial charge in [0.1, 0.15) is 5.82 Å². The monoisotopic (exact) mass is 633 g/mol. The SMILES string of the molecule is COC(=O)c1cc2n(n1)-c1ccnc(c1)[C@@H](n1cnc(-c3cc(Cl)ccc3-n3cc(Cl)nn3)cc1=O)CCC[C@@H](C)C(=O)N2. The van der Waals surface area contributed by atoms with E-state index in [4.69, 9.17) is 27.9 Å². The van der Waals surface area contributed by atoms with Crippen LogP contribution in [0.15, 0.2) is 66.0 Å². The number of hydrogen-bond acceptors (Lipinski definition) is 9. The summed E-state index contributed by atoms with van der Waals surface area (Å²) >= 11 is 12.3. The number of ether oxygens (including phenoxy) is 1. The number of rotatable bonds is 4. The van der Waals surface area contributed by atoms with Crippen molar-refractivity contribution in [2.45, 2.75) is 32.2 Å². The van der Waals surface area contributed by atoms with Crippen molar-refractivity contribution >= 4 is 40.9 Å². The number of halogens is 2. The molecule has 6 rings (SSSR count). The Morgan fingerprint density at radius 3 is 2.66 bits per heavy atom. The molecule has 44 heavy (non-hydrogen) atoms. The van der Waals surface area contributed by atoms with Crippen molar-refractivity contribution in [3.63, 3.8) is 0 Å². The first-order valence-electron chi connectivity index (χ1n) is 13.6. The van der Waals surface area contributed by atoms with E-state index in [2.05, 4.69) is 30.7 Å². The molecule has 2 atom stereocenters. The first kappa shape index (κ1) is 29.2. The van der Waals surface area contributed by atoms with Crippen LogP contribution in [0.2, 0.25) is 10.2 Å². The number of carbonyl (C=O) groups is 2. The Morgan fingerprint density at radius 1 is 1.07 bits per heavy atom. The predicted molar refractivity (Wildman–Crippen MR) is 161 cm³/mol. The number of esters is 1. The molecule has 0 saturated heterocycles. The molecule has 15 heteroatoms. The minimum absolute atomic E-state index is 0.0322. The van der Waals surface area contributed by atoms with Gasteiger partial charge in [-0.25, -0.2) is 19.1 Å². The quantitative estimate of drug-likeness (QED) is 0.282. The molecule has 13 nitrogen and oxygen atoms in total. The van der Waals surface area contributed by atoms with Crippen LogP contribution in [0.1, 0.15) is 48.4 Å². The van der Waals surface area contributed by atoms with Gasteiger partial charge >= 0.3 is 5.97 Å². The lowest BCUT2D eigenvalue weighted by atomic mass is 9.98. The van der Waals surface area contributed by atoms with E-state index in [0.29, 0.717) is 58.4 Å². The number of aromatic nitrogens is 8. The van der Waals surface area contributed by atoms with Crippen LogP contribution in [0.5, 0.6) is 0 Å². The Kier molecular flexibility index (Phi) is 7.97. The second kappa shape index (κ2) is 12.0. The average Bonchev–Trinajstić information content (AvgIpc) is 3.65. The summed E-state index contributed by atoms with van der Waals surface area (Å²) in [7, 11) is 1.26. The van der Waals surface area contributed by atoms with E-state index < -0.39 is 12.0 Å². The predicted octanol–water partition coefficient (Wildman–Crippen LogP) is 4.51. The standard InChI is InChI=1S/C29H25Cl2N9O4/c1-16-4-3-5-24(21-11-18(8-9-32-21)40-26(34-28(16)42)12-22(36-40)29(43)44-2)38-15-33-20(13-27(38)41)19-10-17(30)6-7-23(19)39-14-25(31)35-37-39/h6-16,24H,3-5H2,1-2H3,(H,34,42)/t16-,24+/m1/s1. The number of anilines is 1. The number of pyridine rings is 1. The Hall–Kier alpha value is -4.88. The normalized spacial score (nSPS) is 16.8. The van der Waals surface area contributed by atoms with Gasteiger partial charge in [0.25, 0.3) is 5.56 Å². The molecule has 224 valence electrons. The third-order valence-electron chi connectivity index (χ3n) is 7.39. The van der Waals surface area contributed by atoms with E-state index in [9.17, 15) is 14.4 Å². The molecule has 0 spiro atoms. The first-order chi connectivity index (χ1) is 21.2. The summed E-state index contributed by atoms with van der Waals surface area (Å²) in [6, 6.07) is 11.0. The van der Waals surface area contributed by atoms with Gasteiger partial charge in [0.2, 0.25) is 5.91 Å². The molecule has 1 N–H and O–H groups in total. The number of nitrogens with zero attached hydrogens (tertiary/aromatic N) is 8. The second-order valence-electron chi connectivity index (χ2n) is 10.3. The van der Waals surface area contributed by atoms with E-state index >= 15 is 0 Å². The second-order valence-corrected chi connectivity index (χ2v) is 11.1. The highest BCUT2D eigenvalue weighted by Gasteiger charge is 2.25. The van der Waals surface area contributed by atoms with E-state index in [1.165, 1.54) is 39.5 Å². The fraction of sp³-hybridized carbons (Fsp3) is 0.241. The lowest BCUT2D eigenvalue weighted by Gasteiger charge is -2.22. The Bertz CT molecular complexity index is 1950. The number of fused-ring (bicyclic) bond motifs is 4. The zero-order valence-electron chi connectivity index (χ0n) is 23.5. The van der Waals surface area contributed by atoms with Crippen LogP contribution < -0.4 is 10.9 Å². The van der Waals surface area contributed by atoms with E-state index in [0.717, 1.165) is 0 Å². The van der Waals surface area contributed by atoms with Gasteiger partial charge in [0.05, 0.1) is 48.4 Å². The smallest absolute Gasteiger partial charge is 0.358 e. The number of hydrogen-bond donors (Lipinski definition) is 1. The summed E-state index contributed by atoms with van der Waals surface area (Å²) in [6.07, 6.45) is 6.29. The number of nitrogens with one attached hydrogen (secondary N) is 1. The highest BCUT2D eigenvalue weighted by atomic mass is 35.5. The van der Waals surface area contributed by atoms with Crippen LogP contribution in [0, 0.1) is 5.92 Å². The summed E-state index contributed by atoms with van der Waals surface area (Å²) in [6.45, 7) is 1.82. The molecule has 1 aliphatic rings. The molecule has 4 aromatic heterocycles. The van der Waals surface area contributed by atoms with Crippen molar-refractivity contribution in [1.29, 1.82) is 0 Å². The van der Waals surface area contributed by atoms with Gasteiger partial charge in [-0.1, -0.05) is 41.8 Å². The molecule has 1 amide bonds. The van der Waals surface area contributed by atoms with Crippen molar-refractivity contribution in [3.8, 4) is 22.6 Å². The number of carbonyl (C=O) groups excluding carboxylic acids is 2. The van der Waals surface area contributed by atoms with Crippen molar-refractivity contribution in [2.24, 2.45) is 5.92 Å². The van der Waals surface area contributed by atoms with Crippen molar-refractivity contribution in [2.75, 3.05) is 12.4 Å². The third-order valence-corrected chi connectivity index (χ3v) is 7.79. The van der Waals surface area contributed by atoms with Crippen LogP contribution in [0.4, 0.5) is 5.82 Å². The molecular weight excluding hydrogens is 609 g/mol. The zero-order chi connectivity index (χ0) is 31.0. The van der Waals surface area contributed by atoms with Crippen LogP contribution in [0.25, 0.3) is 22.6 Å². The Labute approximate surface area is 260 Å². The molecule has 1 aromatic carbocycles. The zero-order valence-corrected chi connectivity index (χ0v) is 25.0. The van der Waals surface area contributed by atoms with Gasteiger partial charge in [-0.2, -0.15) is 5.10 Å². The maximum Gasteiger partial charge on any atom is 0.358 e. The minimum Gasteiger partial charge on any atom is -0.464 e. The summed E-state index contributed by atoms with van der Waals surface area (Å²) in [5, 5.41) is 15.8. The number of benzene rings is 1. The highest BCUT2D eigenvalue weighted by Crippen LogP contribution is 2.30. The van der Waals surface area contributed by atoms with Gasteiger partial charge in [0.15, 0.2) is 10.8 Å². The highest BCUT2D eigenvalue weighted by molar-refractivity contribution is 6.31. The number of methoxy groups -OCH3 is 1. The topological polar surface area (TPSA) is 152 Å². The molecule has 2 bridgehead atoms. The lowest BCUT2D eigenvalue weighted by molar-refractivity contribution is -0.119. The van der Waals surface area contributed by atoms with Crippen molar-refractivity contribution in [3.05, 3.63) is 93.1 Å². The van der Waals surface area contributed by atoms with Gasteiger partial charge in [-0.3, -0.25) is 19.1 Å². The molecule has 0 saturated carbocycles. The molecule has 5 heterocycles. The summed E-state index contributed by atoms with van der Waals surface area (Å²) < 4.78 is 9.28. The molecule has 5 aromatic rings. The fourth-order valence-electron chi connectivity index (χ4n) is 5.12. The summed E-state index contributed by atoms with van der Waals surface area (Å²) in [4.78, 5) is 48.2. The third kappa shape index (κ3) is 5.71. The van der Waals surface area contributed by atoms with E-state index in [1.54, 1.807) is 42.7 Å². The molecule has 0 radical (unpaired) electrons. The van der Waals surface area contributed by atoms with Gasteiger partial charge in [-0.15, -0.1) is 5.10 Å². The largest absolute Gasteiger partial charge is 0.464 e. The van der Waals surface area contributed by atoms with Crippen LogP contribution in [-0.4, -0.2) is 58.3 Å².